The molecule has 3 heterocycles. The minimum atomic E-state index is -0.278. The maximum atomic E-state index is 12.6. The number of anilines is 1. The van der Waals surface area contributed by atoms with Crippen LogP contribution in [0.5, 0.6) is 0 Å². The Balaban J connectivity index is 1.58. The minimum absolute atomic E-state index is 0.278. The van der Waals surface area contributed by atoms with Crippen LogP contribution in [0.25, 0.3) is 11.5 Å². The second kappa shape index (κ2) is 6.60. The highest BCUT2D eigenvalue weighted by Gasteiger charge is 2.16. The van der Waals surface area contributed by atoms with Crippen LogP contribution in [0.2, 0.25) is 0 Å². The van der Waals surface area contributed by atoms with Crippen molar-refractivity contribution in [3.63, 3.8) is 0 Å². The molecule has 1 N–H and O–H groups in total. The standard InChI is InChI=1S/C18H15N7O/c1-13-15(10-22-25(13)14-5-3-2-4-6-14)18(26)23-16-9-17(21-11-20-16)24-8-7-19-12-24/h2-12H,1H3,(H,20,21,23,26). The number of nitrogens with zero attached hydrogens (tertiary/aromatic N) is 6. The zero-order valence-electron chi connectivity index (χ0n) is 13.9. The summed E-state index contributed by atoms with van der Waals surface area (Å²) >= 11 is 0. The van der Waals surface area contributed by atoms with Crippen molar-refractivity contribution in [3.05, 3.63) is 78.9 Å². The number of rotatable bonds is 4. The van der Waals surface area contributed by atoms with E-state index in [-0.39, 0.29) is 5.91 Å². The Morgan fingerprint density at radius 3 is 2.77 bits per heavy atom. The van der Waals surface area contributed by atoms with Crippen LogP contribution >= 0.6 is 0 Å². The molecule has 8 heteroatoms. The number of nitrogens with one attached hydrogen (secondary N) is 1. The summed E-state index contributed by atoms with van der Waals surface area (Å²) in [5, 5.41) is 7.11. The number of imidazole rings is 1. The summed E-state index contributed by atoms with van der Waals surface area (Å²) in [7, 11) is 0. The van der Waals surface area contributed by atoms with Gasteiger partial charge in [0.15, 0.2) is 0 Å². The van der Waals surface area contributed by atoms with E-state index in [1.54, 1.807) is 40.2 Å². The van der Waals surface area contributed by atoms with Gasteiger partial charge in [-0.05, 0) is 19.1 Å². The number of benzene rings is 1. The van der Waals surface area contributed by atoms with Crippen LogP contribution in [0, 0.1) is 6.92 Å². The summed E-state index contributed by atoms with van der Waals surface area (Å²) in [4.78, 5) is 24.9. The Bertz CT molecular complexity index is 1040. The molecule has 0 saturated carbocycles. The van der Waals surface area contributed by atoms with Gasteiger partial charge in [-0.25, -0.2) is 19.6 Å². The Morgan fingerprint density at radius 2 is 2.00 bits per heavy atom. The third-order valence-electron chi connectivity index (χ3n) is 3.92. The van der Waals surface area contributed by atoms with Gasteiger partial charge in [-0.2, -0.15) is 5.10 Å². The fourth-order valence-electron chi connectivity index (χ4n) is 2.60. The predicted molar refractivity (Wildman–Crippen MR) is 95.4 cm³/mol. The number of para-hydroxylation sites is 1. The second-order valence-electron chi connectivity index (χ2n) is 5.58. The van der Waals surface area contributed by atoms with E-state index < -0.39 is 0 Å². The van der Waals surface area contributed by atoms with Gasteiger partial charge in [0, 0.05) is 18.5 Å². The molecule has 4 rings (SSSR count). The molecule has 0 radical (unpaired) electrons. The van der Waals surface area contributed by atoms with Gasteiger partial charge in [-0.1, -0.05) is 18.2 Å². The van der Waals surface area contributed by atoms with Crippen molar-refractivity contribution in [1.29, 1.82) is 0 Å². The van der Waals surface area contributed by atoms with Crippen LogP contribution in [-0.2, 0) is 0 Å². The molecule has 0 saturated heterocycles. The second-order valence-corrected chi connectivity index (χ2v) is 5.58. The molecule has 1 aromatic carbocycles. The lowest BCUT2D eigenvalue weighted by atomic mass is 10.2. The van der Waals surface area contributed by atoms with Crippen LogP contribution in [-0.4, -0.2) is 35.2 Å². The van der Waals surface area contributed by atoms with E-state index in [9.17, 15) is 4.79 Å². The molecular weight excluding hydrogens is 330 g/mol. The maximum absolute atomic E-state index is 12.6. The molecule has 0 atom stereocenters. The monoisotopic (exact) mass is 345 g/mol. The van der Waals surface area contributed by atoms with Crippen molar-refractivity contribution in [2.24, 2.45) is 0 Å². The number of amides is 1. The van der Waals surface area contributed by atoms with E-state index in [4.69, 9.17) is 0 Å². The fourth-order valence-corrected chi connectivity index (χ4v) is 2.60. The molecule has 0 fully saturated rings. The summed E-state index contributed by atoms with van der Waals surface area (Å²) in [6.07, 6.45) is 7.99. The average molecular weight is 345 g/mol. The summed E-state index contributed by atoms with van der Waals surface area (Å²) < 4.78 is 3.46. The molecule has 8 nitrogen and oxygen atoms in total. The number of aromatic nitrogens is 6. The fraction of sp³-hybridized carbons (Fsp3) is 0.0556. The van der Waals surface area contributed by atoms with Gasteiger partial charge in [-0.15, -0.1) is 0 Å². The highest BCUT2D eigenvalue weighted by Crippen LogP contribution is 2.16. The lowest BCUT2D eigenvalue weighted by Gasteiger charge is -2.07. The number of hydrogen-bond acceptors (Lipinski definition) is 5. The third-order valence-corrected chi connectivity index (χ3v) is 3.92. The molecule has 4 aromatic rings. The average Bonchev–Trinajstić information content (AvgIpc) is 3.32. The summed E-state index contributed by atoms with van der Waals surface area (Å²) in [5.74, 6) is 0.741. The third kappa shape index (κ3) is 2.95. The SMILES string of the molecule is Cc1c(C(=O)Nc2cc(-n3ccnc3)ncn2)cnn1-c1ccccc1. The van der Waals surface area contributed by atoms with Gasteiger partial charge in [0.05, 0.1) is 23.1 Å². The van der Waals surface area contributed by atoms with Crippen molar-refractivity contribution in [3.8, 4) is 11.5 Å². The molecule has 128 valence electrons. The van der Waals surface area contributed by atoms with Crippen molar-refractivity contribution >= 4 is 11.7 Å². The van der Waals surface area contributed by atoms with E-state index in [2.05, 4.69) is 25.4 Å². The van der Waals surface area contributed by atoms with Crippen LogP contribution in [0.1, 0.15) is 16.1 Å². The predicted octanol–water partition coefficient (Wildman–Crippen LogP) is 2.41. The Hall–Kier alpha value is -3.81. The Kier molecular flexibility index (Phi) is 3.98. The summed E-state index contributed by atoms with van der Waals surface area (Å²) in [5.41, 5.74) is 2.13. The molecule has 0 unspecified atom stereocenters. The zero-order chi connectivity index (χ0) is 17.9. The molecule has 0 bridgehead atoms. The van der Waals surface area contributed by atoms with E-state index in [0.717, 1.165) is 11.4 Å². The van der Waals surface area contributed by atoms with E-state index >= 15 is 0 Å². The van der Waals surface area contributed by atoms with Gasteiger partial charge < -0.3 is 5.32 Å². The van der Waals surface area contributed by atoms with Crippen LogP contribution in [0.4, 0.5) is 5.82 Å². The first-order valence-corrected chi connectivity index (χ1v) is 7.94. The summed E-state index contributed by atoms with van der Waals surface area (Å²) in [6.45, 7) is 1.85. The van der Waals surface area contributed by atoms with Crippen LogP contribution in [0.15, 0.2) is 67.6 Å². The highest BCUT2D eigenvalue weighted by atomic mass is 16.1. The minimum Gasteiger partial charge on any atom is -0.306 e. The smallest absolute Gasteiger partial charge is 0.260 e. The van der Waals surface area contributed by atoms with Gasteiger partial charge in [0.2, 0.25) is 0 Å². The van der Waals surface area contributed by atoms with Crippen molar-refractivity contribution in [1.82, 2.24) is 29.3 Å². The molecular formula is C18H15N7O. The molecule has 3 aromatic heterocycles. The lowest BCUT2D eigenvalue weighted by molar-refractivity contribution is 0.102. The van der Waals surface area contributed by atoms with Crippen molar-refractivity contribution < 1.29 is 4.79 Å². The normalized spacial score (nSPS) is 10.7. The molecule has 0 aliphatic heterocycles. The van der Waals surface area contributed by atoms with Crippen molar-refractivity contribution in [2.75, 3.05) is 5.32 Å². The van der Waals surface area contributed by atoms with Crippen LogP contribution < -0.4 is 5.32 Å². The number of carbonyl (C=O) groups excluding carboxylic acids is 1. The van der Waals surface area contributed by atoms with Crippen LogP contribution in [0.3, 0.4) is 0 Å². The molecule has 0 aliphatic carbocycles. The highest BCUT2D eigenvalue weighted by molar-refractivity contribution is 6.04. The quantitative estimate of drug-likeness (QED) is 0.613. The van der Waals surface area contributed by atoms with E-state index in [0.29, 0.717) is 17.2 Å². The Labute approximate surface area is 149 Å². The number of carbonyl (C=O) groups is 1. The van der Waals surface area contributed by atoms with E-state index in [1.165, 1.54) is 6.33 Å². The van der Waals surface area contributed by atoms with E-state index in [1.807, 2.05) is 37.3 Å². The zero-order valence-corrected chi connectivity index (χ0v) is 13.9. The lowest BCUT2D eigenvalue weighted by Crippen LogP contribution is -2.14. The van der Waals surface area contributed by atoms with Crippen molar-refractivity contribution in [2.45, 2.75) is 6.92 Å². The van der Waals surface area contributed by atoms with Gasteiger partial charge >= 0.3 is 0 Å². The molecule has 26 heavy (non-hydrogen) atoms. The number of hydrogen-bond donors (Lipinski definition) is 1. The maximum Gasteiger partial charge on any atom is 0.260 e. The van der Waals surface area contributed by atoms with Gasteiger partial charge in [0.1, 0.15) is 24.3 Å². The van der Waals surface area contributed by atoms with Gasteiger partial charge in [-0.3, -0.25) is 9.36 Å². The first-order chi connectivity index (χ1) is 12.7. The molecule has 1 amide bonds. The Morgan fingerprint density at radius 1 is 1.15 bits per heavy atom. The summed E-state index contributed by atoms with van der Waals surface area (Å²) in [6, 6.07) is 11.3. The first kappa shape index (κ1) is 15.7. The molecule has 0 spiro atoms. The molecule has 0 aliphatic rings. The largest absolute Gasteiger partial charge is 0.306 e. The topological polar surface area (TPSA) is 90.5 Å². The first-order valence-electron chi connectivity index (χ1n) is 7.94. The van der Waals surface area contributed by atoms with Gasteiger partial charge in [0.25, 0.3) is 5.91 Å².